The van der Waals surface area contributed by atoms with Crippen LogP contribution in [0.25, 0.3) is 0 Å². The maximum atomic E-state index is 11.3. The van der Waals surface area contributed by atoms with Crippen LogP contribution in [0, 0.1) is 5.92 Å². The molecule has 7 heteroatoms. The van der Waals surface area contributed by atoms with Gasteiger partial charge in [0.2, 0.25) is 0 Å². The smallest absolute Gasteiger partial charge is 0.308 e. The van der Waals surface area contributed by atoms with Crippen LogP contribution in [0.15, 0.2) is 0 Å². The molecule has 1 aromatic rings. The first kappa shape index (κ1) is 11.3. The molecule has 1 aliphatic carbocycles. The highest BCUT2D eigenvalue weighted by atomic mass is 16.4. The summed E-state index contributed by atoms with van der Waals surface area (Å²) < 4.78 is 1.92. The first-order chi connectivity index (χ1) is 9.24. The molecule has 0 spiro atoms. The van der Waals surface area contributed by atoms with E-state index < -0.39 is 5.97 Å². The van der Waals surface area contributed by atoms with E-state index in [1.807, 2.05) is 4.68 Å². The quantitative estimate of drug-likeness (QED) is 0.848. The lowest BCUT2D eigenvalue weighted by molar-refractivity contribution is -0.142. The fourth-order valence-electron chi connectivity index (χ4n) is 3.70. The van der Waals surface area contributed by atoms with E-state index in [-0.39, 0.29) is 12.0 Å². The monoisotopic (exact) mass is 263 g/mol. The van der Waals surface area contributed by atoms with E-state index in [0.717, 1.165) is 37.9 Å². The van der Waals surface area contributed by atoms with Crippen molar-refractivity contribution >= 4 is 5.97 Å². The molecule has 1 N–H and O–H groups in total. The van der Waals surface area contributed by atoms with Crippen molar-refractivity contribution in [2.75, 3.05) is 0 Å². The van der Waals surface area contributed by atoms with Crippen LogP contribution in [-0.2, 0) is 11.3 Å². The van der Waals surface area contributed by atoms with E-state index in [1.54, 1.807) is 0 Å². The minimum absolute atomic E-state index is 0.173. The van der Waals surface area contributed by atoms with E-state index in [4.69, 9.17) is 0 Å². The molecule has 3 fully saturated rings. The van der Waals surface area contributed by atoms with Crippen LogP contribution in [0.3, 0.4) is 0 Å². The summed E-state index contributed by atoms with van der Waals surface area (Å²) in [6, 6.07) is 1.04. The summed E-state index contributed by atoms with van der Waals surface area (Å²) in [6.45, 7) is 0.697. The fraction of sp³-hybridized carbons (Fsp3) is 0.833. The molecule has 0 radical (unpaired) electrons. The minimum atomic E-state index is -0.654. The zero-order chi connectivity index (χ0) is 13.0. The Kier molecular flexibility index (Phi) is 2.38. The topological polar surface area (TPSA) is 84.1 Å². The van der Waals surface area contributed by atoms with E-state index >= 15 is 0 Å². The van der Waals surface area contributed by atoms with E-state index in [2.05, 4.69) is 20.4 Å². The van der Waals surface area contributed by atoms with Gasteiger partial charge in [-0.05, 0) is 42.5 Å². The molecule has 1 saturated carbocycles. The predicted molar refractivity (Wildman–Crippen MR) is 64.2 cm³/mol. The Morgan fingerprint density at radius 1 is 1.26 bits per heavy atom. The Bertz CT molecular complexity index is 512. The van der Waals surface area contributed by atoms with Gasteiger partial charge < -0.3 is 5.11 Å². The molecule has 2 saturated heterocycles. The van der Waals surface area contributed by atoms with Gasteiger partial charge in [-0.3, -0.25) is 9.69 Å². The highest BCUT2D eigenvalue weighted by Crippen LogP contribution is 2.43. The zero-order valence-electron chi connectivity index (χ0n) is 10.6. The Balaban J connectivity index is 1.54. The van der Waals surface area contributed by atoms with Crippen molar-refractivity contribution in [1.29, 1.82) is 0 Å². The largest absolute Gasteiger partial charge is 0.481 e. The van der Waals surface area contributed by atoms with Crippen molar-refractivity contribution in [2.45, 2.75) is 56.8 Å². The van der Waals surface area contributed by atoms with Crippen molar-refractivity contribution in [1.82, 2.24) is 25.1 Å². The Labute approximate surface area is 110 Å². The van der Waals surface area contributed by atoms with Gasteiger partial charge in [-0.25, -0.2) is 4.68 Å². The number of carboxylic acid groups (broad SMARTS) is 1. The molecule has 102 valence electrons. The van der Waals surface area contributed by atoms with Gasteiger partial charge in [0.05, 0.1) is 18.5 Å². The molecule has 4 rings (SSSR count). The summed E-state index contributed by atoms with van der Waals surface area (Å²) in [6.07, 6.45) is 5.20. The number of aliphatic carboxylic acids is 1. The molecule has 3 unspecified atom stereocenters. The average Bonchev–Trinajstić information content (AvgIpc) is 2.90. The van der Waals surface area contributed by atoms with Crippen molar-refractivity contribution < 1.29 is 9.90 Å². The highest BCUT2D eigenvalue weighted by molar-refractivity contribution is 5.71. The van der Waals surface area contributed by atoms with Gasteiger partial charge in [0.15, 0.2) is 5.82 Å². The third kappa shape index (κ3) is 1.75. The molecule has 3 heterocycles. The Morgan fingerprint density at radius 2 is 2.05 bits per heavy atom. The van der Waals surface area contributed by atoms with E-state index in [9.17, 15) is 9.90 Å². The molecule has 3 atom stereocenters. The molecule has 19 heavy (non-hydrogen) atoms. The number of hydrogen-bond acceptors (Lipinski definition) is 5. The summed E-state index contributed by atoms with van der Waals surface area (Å²) in [5.41, 5.74) is 0. The van der Waals surface area contributed by atoms with Gasteiger partial charge in [-0.2, -0.15) is 0 Å². The van der Waals surface area contributed by atoms with Crippen LogP contribution in [0.5, 0.6) is 0 Å². The van der Waals surface area contributed by atoms with E-state index in [0.29, 0.717) is 18.6 Å². The van der Waals surface area contributed by atoms with Crippen molar-refractivity contribution in [3.05, 3.63) is 5.82 Å². The molecule has 3 aliphatic rings. The van der Waals surface area contributed by atoms with Crippen LogP contribution < -0.4 is 0 Å². The summed E-state index contributed by atoms with van der Waals surface area (Å²) in [5, 5.41) is 21.2. The molecule has 2 aliphatic heterocycles. The van der Waals surface area contributed by atoms with Gasteiger partial charge in [0, 0.05) is 12.1 Å². The van der Waals surface area contributed by atoms with Crippen LogP contribution in [-0.4, -0.2) is 48.3 Å². The number of fused-ring (bicyclic) bond motifs is 2. The molecule has 2 bridgehead atoms. The fourth-order valence-corrected chi connectivity index (χ4v) is 3.70. The van der Waals surface area contributed by atoms with Gasteiger partial charge >= 0.3 is 5.97 Å². The van der Waals surface area contributed by atoms with Crippen LogP contribution in [0.1, 0.15) is 44.0 Å². The van der Waals surface area contributed by atoms with Crippen molar-refractivity contribution in [3.63, 3.8) is 0 Å². The lowest BCUT2D eigenvalue weighted by Gasteiger charge is -2.21. The van der Waals surface area contributed by atoms with Crippen LogP contribution >= 0.6 is 0 Å². The first-order valence-corrected chi connectivity index (χ1v) is 6.99. The van der Waals surface area contributed by atoms with E-state index in [1.165, 1.54) is 0 Å². The van der Waals surface area contributed by atoms with Crippen molar-refractivity contribution in [3.8, 4) is 0 Å². The van der Waals surface area contributed by atoms with Gasteiger partial charge in [-0.15, -0.1) is 5.10 Å². The van der Waals surface area contributed by atoms with Crippen molar-refractivity contribution in [2.24, 2.45) is 5.92 Å². The third-order valence-electron chi connectivity index (χ3n) is 4.78. The number of carboxylic acids is 1. The predicted octanol–water partition coefficient (Wildman–Crippen LogP) is 0.445. The normalized spacial score (nSPS) is 34.0. The maximum Gasteiger partial charge on any atom is 0.308 e. The molecule has 0 aromatic carbocycles. The highest BCUT2D eigenvalue weighted by Gasteiger charge is 2.49. The Morgan fingerprint density at radius 3 is 2.74 bits per heavy atom. The van der Waals surface area contributed by atoms with Gasteiger partial charge in [0.25, 0.3) is 0 Å². The number of hydrogen-bond donors (Lipinski definition) is 1. The second kappa shape index (κ2) is 4.00. The minimum Gasteiger partial charge on any atom is -0.481 e. The average molecular weight is 263 g/mol. The second-order valence-electron chi connectivity index (χ2n) is 5.92. The van der Waals surface area contributed by atoms with Gasteiger partial charge in [-0.1, -0.05) is 0 Å². The Hall–Kier alpha value is -1.50. The molecular weight excluding hydrogens is 246 g/mol. The molecule has 0 amide bonds. The summed E-state index contributed by atoms with van der Waals surface area (Å²) in [5.74, 6) is 0.0356. The lowest BCUT2D eigenvalue weighted by atomic mass is 9.89. The zero-order valence-corrected chi connectivity index (χ0v) is 10.6. The SMILES string of the molecule is O=C(O)C1CC2CCC1N2Cc1nnnn1C1CC1. The number of tetrazole rings is 1. The number of carbonyl (C=O) groups is 1. The maximum absolute atomic E-state index is 11.3. The number of rotatable bonds is 4. The molecular formula is C12H17N5O2. The molecule has 7 nitrogen and oxygen atoms in total. The second-order valence-corrected chi connectivity index (χ2v) is 5.92. The van der Waals surface area contributed by atoms with Gasteiger partial charge in [0.1, 0.15) is 0 Å². The number of aromatic nitrogens is 4. The third-order valence-corrected chi connectivity index (χ3v) is 4.78. The number of nitrogens with zero attached hydrogens (tertiary/aromatic N) is 5. The summed E-state index contributed by atoms with van der Waals surface area (Å²) >= 11 is 0. The standard InChI is InChI=1S/C12H17N5O2/c18-12(19)9-5-8-3-4-10(9)16(8)6-11-13-14-15-17(11)7-1-2-7/h7-10H,1-6H2,(H,18,19). The van der Waals surface area contributed by atoms with Crippen LogP contribution in [0.2, 0.25) is 0 Å². The summed E-state index contributed by atoms with van der Waals surface area (Å²) in [4.78, 5) is 13.6. The lowest BCUT2D eigenvalue weighted by Crippen LogP contribution is -2.33. The molecule has 1 aromatic heterocycles. The van der Waals surface area contributed by atoms with Crippen LogP contribution in [0.4, 0.5) is 0 Å². The first-order valence-electron chi connectivity index (χ1n) is 6.99. The summed E-state index contributed by atoms with van der Waals surface area (Å²) in [7, 11) is 0.